The van der Waals surface area contributed by atoms with Crippen molar-refractivity contribution in [3.8, 4) is 0 Å². The van der Waals surface area contributed by atoms with Gasteiger partial charge in [0.25, 0.3) is 0 Å². The number of benzene rings is 1. The zero-order valence-corrected chi connectivity index (χ0v) is 11.8. The van der Waals surface area contributed by atoms with Gasteiger partial charge >= 0.3 is 0 Å². The number of hydrogen-bond donors (Lipinski definition) is 1. The molecule has 3 heteroatoms. The van der Waals surface area contributed by atoms with E-state index in [0.717, 1.165) is 17.0 Å². The molecule has 1 aromatic carbocycles. The number of nitrogens with zero attached hydrogens (tertiary/aromatic N) is 2. The highest BCUT2D eigenvalue weighted by atomic mass is 15.3. The molecule has 2 rings (SSSR count). The highest BCUT2D eigenvalue weighted by molar-refractivity contribution is 5.41. The van der Waals surface area contributed by atoms with Crippen LogP contribution in [0.5, 0.6) is 0 Å². The molecule has 0 fully saturated rings. The SMILES string of the molecule is Cc1cc(C)c(C(N)c2cc(C)n(C)n2)cc1C. The third-order valence-electron chi connectivity index (χ3n) is 3.67. The summed E-state index contributed by atoms with van der Waals surface area (Å²) in [6, 6.07) is 6.28. The van der Waals surface area contributed by atoms with Gasteiger partial charge in [0.1, 0.15) is 0 Å². The van der Waals surface area contributed by atoms with Gasteiger partial charge in [-0.25, -0.2) is 0 Å². The van der Waals surface area contributed by atoms with E-state index in [1.165, 1.54) is 16.7 Å². The van der Waals surface area contributed by atoms with Crippen LogP contribution in [0.25, 0.3) is 0 Å². The molecule has 0 aliphatic heterocycles. The fraction of sp³-hybridized carbons (Fsp3) is 0.400. The smallest absolute Gasteiger partial charge is 0.0839 e. The molecule has 1 aromatic heterocycles. The maximum atomic E-state index is 6.34. The average Bonchev–Trinajstić information content (AvgIpc) is 2.63. The molecule has 2 aromatic rings. The first-order valence-electron chi connectivity index (χ1n) is 6.24. The zero-order valence-electron chi connectivity index (χ0n) is 11.8. The second-order valence-corrected chi connectivity index (χ2v) is 5.10. The van der Waals surface area contributed by atoms with Crippen LogP contribution in [0.15, 0.2) is 18.2 Å². The van der Waals surface area contributed by atoms with Crippen molar-refractivity contribution < 1.29 is 0 Å². The van der Waals surface area contributed by atoms with Crippen molar-refractivity contribution in [2.24, 2.45) is 12.8 Å². The Morgan fingerprint density at radius 3 is 2.17 bits per heavy atom. The summed E-state index contributed by atoms with van der Waals surface area (Å²) < 4.78 is 1.87. The van der Waals surface area contributed by atoms with Crippen LogP contribution in [0.1, 0.15) is 39.7 Å². The van der Waals surface area contributed by atoms with Gasteiger partial charge in [-0.15, -0.1) is 0 Å². The molecule has 0 radical (unpaired) electrons. The van der Waals surface area contributed by atoms with Crippen LogP contribution in [0.4, 0.5) is 0 Å². The molecule has 1 atom stereocenters. The van der Waals surface area contributed by atoms with Gasteiger partial charge in [0.15, 0.2) is 0 Å². The summed E-state index contributed by atoms with van der Waals surface area (Å²) in [7, 11) is 1.94. The van der Waals surface area contributed by atoms with E-state index in [2.05, 4.69) is 44.1 Å². The van der Waals surface area contributed by atoms with Gasteiger partial charge in [0.2, 0.25) is 0 Å². The van der Waals surface area contributed by atoms with E-state index >= 15 is 0 Å². The van der Waals surface area contributed by atoms with Crippen LogP contribution in [-0.4, -0.2) is 9.78 Å². The number of aromatic nitrogens is 2. The third kappa shape index (κ3) is 2.18. The average molecular weight is 243 g/mol. The van der Waals surface area contributed by atoms with Crippen LogP contribution in [0.3, 0.4) is 0 Å². The number of rotatable bonds is 2. The Hall–Kier alpha value is -1.61. The topological polar surface area (TPSA) is 43.8 Å². The molecule has 1 unspecified atom stereocenters. The lowest BCUT2D eigenvalue weighted by Crippen LogP contribution is -2.14. The predicted octanol–water partition coefficient (Wildman–Crippen LogP) is 2.70. The van der Waals surface area contributed by atoms with E-state index in [1.807, 2.05) is 18.7 Å². The van der Waals surface area contributed by atoms with Gasteiger partial charge in [0, 0.05) is 12.7 Å². The Labute approximate surface area is 109 Å². The van der Waals surface area contributed by atoms with Crippen molar-refractivity contribution in [3.63, 3.8) is 0 Å². The zero-order chi connectivity index (χ0) is 13.4. The van der Waals surface area contributed by atoms with E-state index in [0.29, 0.717) is 0 Å². The molecule has 2 N–H and O–H groups in total. The number of hydrogen-bond acceptors (Lipinski definition) is 2. The molecular weight excluding hydrogens is 222 g/mol. The van der Waals surface area contributed by atoms with Gasteiger partial charge < -0.3 is 5.73 Å². The molecule has 0 saturated heterocycles. The highest BCUT2D eigenvalue weighted by Crippen LogP contribution is 2.25. The van der Waals surface area contributed by atoms with Crippen molar-refractivity contribution in [2.45, 2.75) is 33.7 Å². The van der Waals surface area contributed by atoms with Gasteiger partial charge in [-0.2, -0.15) is 5.10 Å². The van der Waals surface area contributed by atoms with Gasteiger partial charge in [-0.1, -0.05) is 12.1 Å². The van der Waals surface area contributed by atoms with E-state index in [4.69, 9.17) is 5.73 Å². The van der Waals surface area contributed by atoms with Crippen molar-refractivity contribution in [2.75, 3.05) is 0 Å². The molecule has 3 nitrogen and oxygen atoms in total. The molecule has 96 valence electrons. The first-order chi connectivity index (χ1) is 8.40. The standard InChI is InChI=1S/C15H21N3/c1-9-6-11(3)13(7-10(9)2)15(16)14-8-12(4)18(5)17-14/h6-8,15H,16H2,1-5H3. The fourth-order valence-corrected chi connectivity index (χ4v) is 2.22. The lowest BCUT2D eigenvalue weighted by Gasteiger charge is -2.15. The Morgan fingerprint density at radius 2 is 1.61 bits per heavy atom. The summed E-state index contributed by atoms with van der Waals surface area (Å²) in [5.74, 6) is 0. The first-order valence-corrected chi connectivity index (χ1v) is 6.24. The summed E-state index contributed by atoms with van der Waals surface area (Å²) >= 11 is 0. The molecule has 0 bridgehead atoms. The van der Waals surface area contributed by atoms with Crippen molar-refractivity contribution >= 4 is 0 Å². The number of aryl methyl sites for hydroxylation is 5. The lowest BCUT2D eigenvalue weighted by atomic mass is 9.94. The minimum Gasteiger partial charge on any atom is -0.319 e. The highest BCUT2D eigenvalue weighted by Gasteiger charge is 2.16. The molecule has 0 aliphatic rings. The number of nitrogens with two attached hydrogens (primary N) is 1. The Balaban J connectivity index is 2.45. The minimum absolute atomic E-state index is 0.149. The van der Waals surface area contributed by atoms with Crippen LogP contribution < -0.4 is 5.73 Å². The van der Waals surface area contributed by atoms with Crippen molar-refractivity contribution in [1.82, 2.24) is 9.78 Å². The van der Waals surface area contributed by atoms with E-state index in [9.17, 15) is 0 Å². The summed E-state index contributed by atoms with van der Waals surface area (Å²) in [4.78, 5) is 0. The summed E-state index contributed by atoms with van der Waals surface area (Å²) in [5, 5.41) is 4.47. The fourth-order valence-electron chi connectivity index (χ4n) is 2.22. The summed E-state index contributed by atoms with van der Waals surface area (Å²) in [6.07, 6.45) is 0. The van der Waals surface area contributed by atoms with E-state index in [1.54, 1.807) is 0 Å². The van der Waals surface area contributed by atoms with Crippen molar-refractivity contribution in [1.29, 1.82) is 0 Å². The molecular formula is C15H21N3. The molecule has 1 heterocycles. The first kappa shape index (κ1) is 12.8. The summed E-state index contributed by atoms with van der Waals surface area (Å²) in [6.45, 7) is 8.39. The molecule has 0 amide bonds. The third-order valence-corrected chi connectivity index (χ3v) is 3.67. The largest absolute Gasteiger partial charge is 0.319 e. The normalized spacial score (nSPS) is 12.8. The predicted molar refractivity (Wildman–Crippen MR) is 74.6 cm³/mol. The lowest BCUT2D eigenvalue weighted by molar-refractivity contribution is 0.699. The minimum atomic E-state index is -0.149. The van der Waals surface area contributed by atoms with Crippen LogP contribution >= 0.6 is 0 Å². The molecule has 0 spiro atoms. The van der Waals surface area contributed by atoms with Crippen LogP contribution in [0.2, 0.25) is 0 Å². The Bertz CT molecular complexity index is 562. The monoisotopic (exact) mass is 243 g/mol. The van der Waals surface area contributed by atoms with Gasteiger partial charge in [0.05, 0.1) is 11.7 Å². The van der Waals surface area contributed by atoms with E-state index in [-0.39, 0.29) is 6.04 Å². The molecule has 18 heavy (non-hydrogen) atoms. The second kappa shape index (κ2) is 4.58. The maximum absolute atomic E-state index is 6.34. The van der Waals surface area contributed by atoms with Gasteiger partial charge in [-0.3, -0.25) is 4.68 Å². The summed E-state index contributed by atoms with van der Waals surface area (Å²) in [5.41, 5.74) is 13.4. The second-order valence-electron chi connectivity index (χ2n) is 5.10. The van der Waals surface area contributed by atoms with Gasteiger partial charge in [-0.05, 0) is 56.0 Å². The van der Waals surface area contributed by atoms with E-state index < -0.39 is 0 Å². The molecule has 0 aliphatic carbocycles. The quantitative estimate of drug-likeness (QED) is 0.881. The van der Waals surface area contributed by atoms with Crippen LogP contribution in [-0.2, 0) is 7.05 Å². The van der Waals surface area contributed by atoms with Crippen molar-refractivity contribution in [3.05, 3.63) is 51.8 Å². The maximum Gasteiger partial charge on any atom is 0.0839 e. The Morgan fingerprint density at radius 1 is 1.00 bits per heavy atom. The van der Waals surface area contributed by atoms with Crippen LogP contribution in [0, 0.1) is 27.7 Å². The Kier molecular flexibility index (Phi) is 3.26. The molecule has 0 saturated carbocycles.